The van der Waals surface area contributed by atoms with Gasteiger partial charge in [-0.3, -0.25) is 19.9 Å². The second-order valence-electron chi connectivity index (χ2n) is 32.9. The molecule has 0 aliphatic carbocycles. The lowest BCUT2D eigenvalue weighted by atomic mass is 9.92. The van der Waals surface area contributed by atoms with Crippen molar-refractivity contribution in [3.05, 3.63) is 235 Å². The molecule has 0 bridgehead atoms. The zero-order valence-electron chi connectivity index (χ0n) is 72.2. The normalized spacial score (nSPS) is 13.7. The van der Waals surface area contributed by atoms with Gasteiger partial charge in [0.2, 0.25) is 23.8 Å². The predicted octanol–water partition coefficient (Wildman–Crippen LogP) is 19.9. The van der Waals surface area contributed by atoms with Crippen molar-refractivity contribution in [3.63, 3.8) is 0 Å². The Morgan fingerprint density at radius 3 is 1.38 bits per heavy atom. The maximum Gasteiger partial charge on any atom is 0.227 e. The molecule has 0 spiro atoms. The zero-order valence-corrected chi connectivity index (χ0v) is 77.7. The van der Waals surface area contributed by atoms with Crippen LogP contribution in [0.25, 0.3) is 45.0 Å². The number of fused-ring (bicyclic) bond motifs is 12. The highest BCUT2D eigenvalue weighted by Gasteiger charge is 2.27. The highest BCUT2D eigenvalue weighted by Crippen LogP contribution is 2.42. The Balaban J connectivity index is 0.000000136. The molecule has 24 nitrogen and oxygen atoms in total. The molecule has 8 aromatic heterocycles. The molecule has 31 heteroatoms. The van der Waals surface area contributed by atoms with Crippen molar-refractivity contribution < 1.29 is 0 Å². The van der Waals surface area contributed by atoms with E-state index < -0.39 is 0 Å². The van der Waals surface area contributed by atoms with Gasteiger partial charge in [0.05, 0.1) is 89.3 Å². The molecule has 12 aromatic rings. The monoisotopic (exact) mass is 1800 g/mol. The van der Waals surface area contributed by atoms with Crippen LogP contribution in [0.2, 0.25) is 15.1 Å². The zero-order chi connectivity index (χ0) is 88.0. The third-order valence-electron chi connectivity index (χ3n) is 22.0. The number of nitrogens with one attached hydrogen (secondary N) is 8. The minimum absolute atomic E-state index is 0.523. The van der Waals surface area contributed by atoms with Crippen LogP contribution in [0.15, 0.2) is 153 Å². The first-order chi connectivity index (χ1) is 60.2. The number of pyridine rings is 4. The first-order valence-electron chi connectivity index (χ1n) is 41.9. The number of aryl methyl sites for hydroxylation is 7. The molecule has 644 valence electrons. The maximum absolute atomic E-state index is 6.61. The van der Waals surface area contributed by atoms with E-state index in [0.29, 0.717) is 59.5 Å². The average molecular weight is 1800 g/mol. The Kier molecular flexibility index (Phi) is 30.4. The molecule has 4 aromatic carbocycles. The summed E-state index contributed by atoms with van der Waals surface area (Å²) in [4.78, 5) is 67.5. The number of rotatable bonds is 22. The van der Waals surface area contributed by atoms with Crippen LogP contribution in [0, 0.1) is 33.6 Å². The summed E-state index contributed by atoms with van der Waals surface area (Å²) in [5, 5.41) is 28.6. The lowest BCUT2D eigenvalue weighted by Crippen LogP contribution is -2.31. The number of piperidine rings is 1. The van der Waals surface area contributed by atoms with Crippen LogP contribution in [-0.2, 0) is 51.4 Å². The third-order valence-corrected chi connectivity index (χ3v) is 23.8. The van der Waals surface area contributed by atoms with E-state index in [1.165, 1.54) is 48.3 Å². The summed E-state index contributed by atoms with van der Waals surface area (Å²) in [5.41, 5.74) is 27.4. The molecule has 5 aliphatic heterocycles. The number of aromatic nitrogens is 12. The molecule has 0 radical (unpaired) electrons. The molecule has 5 aliphatic rings. The highest BCUT2D eigenvalue weighted by atomic mass is 35.5. The van der Waals surface area contributed by atoms with Gasteiger partial charge in [0.1, 0.15) is 0 Å². The molecule has 17 rings (SSSR count). The Morgan fingerprint density at radius 2 is 0.880 bits per heavy atom. The van der Waals surface area contributed by atoms with Gasteiger partial charge in [-0.1, -0.05) is 95.8 Å². The number of nitrogens with zero attached hydrogens (tertiary/aromatic N) is 16. The van der Waals surface area contributed by atoms with E-state index in [0.717, 1.165) is 231 Å². The Hall–Kier alpha value is -10.7. The number of benzene rings is 4. The summed E-state index contributed by atoms with van der Waals surface area (Å²) in [7, 11) is 14.7. The molecule has 0 atom stereocenters. The first kappa shape index (κ1) is 90.5. The van der Waals surface area contributed by atoms with Gasteiger partial charge in [0, 0.05) is 157 Å². The molecule has 8 N–H and O–H groups in total. The number of halogens is 3. The molecule has 13 heterocycles. The van der Waals surface area contributed by atoms with Gasteiger partial charge in [-0.25, -0.2) is 39.9 Å². The van der Waals surface area contributed by atoms with Crippen molar-refractivity contribution in [3.8, 4) is 45.0 Å². The molecule has 0 saturated carbocycles. The maximum atomic E-state index is 6.61. The van der Waals surface area contributed by atoms with E-state index in [1.807, 2.05) is 113 Å². The first-order valence-corrected chi connectivity index (χ1v) is 44.6. The van der Waals surface area contributed by atoms with Crippen LogP contribution < -0.4 is 42.5 Å². The highest BCUT2D eigenvalue weighted by molar-refractivity contribution is 7.81. The van der Waals surface area contributed by atoms with Crippen LogP contribution in [0.3, 0.4) is 0 Å². The number of thiocarbonyl (C=S) groups is 4. The van der Waals surface area contributed by atoms with Crippen LogP contribution in [0.4, 0.5) is 69.3 Å². The lowest BCUT2D eigenvalue weighted by Gasteiger charge is -2.28. The number of hydrogen-bond acceptors (Lipinski definition) is 24. The molecular formula is C94H103Cl3N24S4. The second kappa shape index (κ2) is 42.0. The van der Waals surface area contributed by atoms with E-state index in [-0.39, 0.29) is 0 Å². The Morgan fingerprint density at radius 1 is 0.424 bits per heavy atom. The quantitative estimate of drug-likeness (QED) is 0.0293. The summed E-state index contributed by atoms with van der Waals surface area (Å²) >= 11 is 41.0. The predicted molar refractivity (Wildman–Crippen MR) is 528 cm³/mol. The van der Waals surface area contributed by atoms with Crippen molar-refractivity contribution in [1.82, 2.24) is 79.4 Å². The topological polar surface area (TPSA) is 264 Å². The Labute approximate surface area is 768 Å². The van der Waals surface area contributed by atoms with Gasteiger partial charge in [0.25, 0.3) is 0 Å². The van der Waals surface area contributed by atoms with Gasteiger partial charge in [-0.15, -0.1) is 0 Å². The van der Waals surface area contributed by atoms with Crippen LogP contribution in [0.1, 0.15) is 99.4 Å². The van der Waals surface area contributed by atoms with Gasteiger partial charge >= 0.3 is 0 Å². The second-order valence-corrected chi connectivity index (χ2v) is 36.1. The fraction of sp³-hybridized carbons (Fsp3) is 0.319. The van der Waals surface area contributed by atoms with Crippen molar-refractivity contribution in [2.24, 2.45) is 5.92 Å². The van der Waals surface area contributed by atoms with E-state index >= 15 is 0 Å². The van der Waals surface area contributed by atoms with Gasteiger partial charge < -0.3 is 62.1 Å². The van der Waals surface area contributed by atoms with Gasteiger partial charge in [-0.05, 0) is 287 Å². The molecule has 125 heavy (non-hydrogen) atoms. The molecular weight excluding hydrogens is 1700 g/mol. The van der Waals surface area contributed by atoms with Crippen molar-refractivity contribution in [1.29, 1.82) is 0 Å². The largest absolute Gasteiger partial charge is 0.349 e. The smallest absolute Gasteiger partial charge is 0.227 e. The van der Waals surface area contributed by atoms with Crippen molar-refractivity contribution in [2.45, 2.75) is 111 Å². The summed E-state index contributed by atoms with van der Waals surface area (Å²) in [6.07, 6.45) is 26.7. The number of likely N-dealkylation sites (tertiary alicyclic amines) is 1. The van der Waals surface area contributed by atoms with Crippen LogP contribution in [0.5, 0.6) is 0 Å². The van der Waals surface area contributed by atoms with Gasteiger partial charge in [0.15, 0.2) is 0 Å². The summed E-state index contributed by atoms with van der Waals surface area (Å²) in [6.45, 7) is 13.6. The van der Waals surface area contributed by atoms with Crippen molar-refractivity contribution >= 4 is 173 Å². The minimum atomic E-state index is 0.523. The van der Waals surface area contributed by atoms with Gasteiger partial charge in [-0.2, -0.15) is 0 Å². The average Bonchev–Trinajstić information content (AvgIpc) is 1.71. The van der Waals surface area contributed by atoms with E-state index in [9.17, 15) is 0 Å². The Bertz CT molecular complexity index is 5980. The summed E-state index contributed by atoms with van der Waals surface area (Å²) in [6, 6.07) is 34.1. The third kappa shape index (κ3) is 24.5. The molecule has 0 unspecified atom stereocenters. The fourth-order valence-electron chi connectivity index (χ4n) is 15.4. The summed E-state index contributed by atoms with van der Waals surface area (Å²) in [5.74, 6) is 2.87. The van der Waals surface area contributed by atoms with E-state index in [4.69, 9.17) is 109 Å². The van der Waals surface area contributed by atoms with E-state index in [1.54, 1.807) is 12.4 Å². The number of hydrogen-bond donors (Lipinski definition) is 8. The SMILES string of the molecule is CN(C)CCCc1cncc(Nc2ncc3c(n2)-c2ccc(Cl)cc2NC(=S)C3)c1.Cc1ccc2c(c1)NC(=S)Cc1cnc(Nc3ccc(CC4CCN(C)CC4)nc3C)nc1-2.Cc1ncc(Nc2ncc3c(n2)-c2ccc(Cl)cc2NC(=S)C3)cc1CCCN(C)C.Cc1ncccc1Nc1ncc2c(n1)-c1cc(CCCN(C)C)c(Cl)cc1NC(=S)C2. The minimum Gasteiger partial charge on any atom is -0.349 e. The number of anilines is 12. The molecule has 0 amide bonds. The fourth-order valence-corrected chi connectivity index (χ4v) is 17.1. The van der Waals surface area contributed by atoms with Crippen LogP contribution in [-0.4, -0.2) is 181 Å². The summed E-state index contributed by atoms with van der Waals surface area (Å²) < 4.78 is 0. The molecule has 1 fully saturated rings. The van der Waals surface area contributed by atoms with Crippen LogP contribution >= 0.6 is 83.7 Å². The molecule has 1 saturated heterocycles. The standard InChI is InChI=1S/C26H30N6S.2C23H25ClN6S.C22H23ClN6S/c1-16-4-6-21-23(12-16)29-24(33)14-19-15-27-26(31-25(19)21)30-22-7-5-20(28-17(22)2)13-18-8-10-32(3)11-9-18;1-14-19(7-4-8-25-14)28-23-26-13-16-11-21(31)27-20-12-18(24)15(6-5-9-30(2)3)10-17(20)22(16)29-23;1-14-15(5-4-8-30(2)3)9-18(13-25-14)27-23-26-12-16-10-21(31)28-20-11-17(24)6-7-19(20)22(16)29-23;1-29(2)7-3-4-14-8-17(13-24-11-14)26-22-25-12-15-9-20(30)27-19-10-16(23)5-6-18(19)21(15)28-22/h4-7,12,15,18H,8-11,13-14H2,1-3H3,(H,29,33)(H,27,30,31);4,7-8,10,12-13H,5-6,9,11H2,1-3H3,(H,27,31)(H,26,28,29);6-7,9,11-13H,4-5,8,10H2,1-3H3,(H,28,31)(H,26,27,29);5-6,8,10-13H,3-4,7,9H2,1-2H3,(H,27,30)(H,25,26,28). The van der Waals surface area contributed by atoms with E-state index in [2.05, 4.69) is 202 Å². The lowest BCUT2D eigenvalue weighted by molar-refractivity contribution is 0.218. The van der Waals surface area contributed by atoms with Crippen molar-refractivity contribution in [2.75, 3.05) is 125 Å².